The maximum Gasteiger partial charge on any atom is 0.198 e. The lowest BCUT2D eigenvalue weighted by Gasteiger charge is -2.40. The van der Waals surface area contributed by atoms with Gasteiger partial charge in [-0.2, -0.15) is 0 Å². The molecule has 0 bridgehead atoms. The SMILES string of the molecule is Cc1cnc(-c2ccc(C)c(C3=C(O)C(C)(C)OC(C)(C)C3=O)c2)s1. The van der Waals surface area contributed by atoms with Gasteiger partial charge < -0.3 is 9.84 Å². The van der Waals surface area contributed by atoms with Crippen molar-refractivity contribution in [1.29, 1.82) is 0 Å². The number of carbonyl (C=O) groups is 1. The largest absolute Gasteiger partial charge is 0.508 e. The molecule has 4 nitrogen and oxygen atoms in total. The maximum atomic E-state index is 13.0. The van der Waals surface area contributed by atoms with E-state index in [1.165, 1.54) is 0 Å². The lowest BCUT2D eigenvalue weighted by Crippen LogP contribution is -2.49. The third kappa shape index (κ3) is 3.02. The number of rotatable bonds is 2. The van der Waals surface area contributed by atoms with Crippen molar-refractivity contribution in [2.75, 3.05) is 0 Å². The first-order chi connectivity index (χ1) is 11.5. The molecular weight excluding hydrogens is 334 g/mol. The van der Waals surface area contributed by atoms with Crippen molar-refractivity contribution in [1.82, 2.24) is 4.98 Å². The third-order valence-electron chi connectivity index (χ3n) is 4.47. The van der Waals surface area contributed by atoms with Crippen LogP contribution in [0.15, 0.2) is 30.2 Å². The van der Waals surface area contributed by atoms with Crippen LogP contribution in [0.25, 0.3) is 16.1 Å². The summed E-state index contributed by atoms with van der Waals surface area (Å²) >= 11 is 1.60. The quantitative estimate of drug-likeness (QED) is 0.834. The first kappa shape index (κ1) is 17.8. The Morgan fingerprint density at radius 2 is 1.80 bits per heavy atom. The van der Waals surface area contributed by atoms with Crippen molar-refractivity contribution in [2.24, 2.45) is 0 Å². The van der Waals surface area contributed by atoms with Crippen LogP contribution in [-0.2, 0) is 9.53 Å². The molecule has 0 saturated heterocycles. The highest BCUT2D eigenvalue weighted by Crippen LogP contribution is 2.41. The number of aromatic nitrogens is 1. The fourth-order valence-electron chi connectivity index (χ4n) is 3.20. The standard InChI is InChI=1S/C20H23NO3S/c1-11-7-8-13(18-21-10-12(2)25-18)9-14(11)15-16(22)19(3,4)24-20(5,6)17(15)23/h7-10,22H,1-6H3. The molecule has 1 N–H and O–H groups in total. The average molecular weight is 357 g/mol. The fraction of sp³-hybridized carbons (Fsp3) is 0.400. The molecule has 0 radical (unpaired) electrons. The van der Waals surface area contributed by atoms with Crippen molar-refractivity contribution in [3.63, 3.8) is 0 Å². The van der Waals surface area contributed by atoms with Gasteiger partial charge in [-0.05, 0) is 58.7 Å². The smallest absolute Gasteiger partial charge is 0.198 e. The fourth-order valence-corrected chi connectivity index (χ4v) is 3.97. The van der Waals surface area contributed by atoms with E-state index in [4.69, 9.17) is 4.74 Å². The highest BCUT2D eigenvalue weighted by molar-refractivity contribution is 7.14. The molecule has 0 amide bonds. The topological polar surface area (TPSA) is 59.4 Å². The van der Waals surface area contributed by atoms with Gasteiger partial charge in [0.1, 0.15) is 22.0 Å². The molecule has 5 heteroatoms. The van der Waals surface area contributed by atoms with Crippen LogP contribution in [0.1, 0.15) is 43.7 Å². The van der Waals surface area contributed by atoms with Crippen LogP contribution in [0.3, 0.4) is 0 Å². The molecule has 25 heavy (non-hydrogen) atoms. The second-order valence-electron chi connectivity index (χ2n) is 7.48. The zero-order chi connectivity index (χ0) is 18.6. The second-order valence-corrected chi connectivity index (χ2v) is 8.72. The lowest BCUT2D eigenvalue weighted by molar-refractivity contribution is -0.158. The summed E-state index contributed by atoms with van der Waals surface area (Å²) in [6.07, 6.45) is 1.84. The van der Waals surface area contributed by atoms with Crippen molar-refractivity contribution in [3.05, 3.63) is 46.2 Å². The maximum absolute atomic E-state index is 13.0. The van der Waals surface area contributed by atoms with Crippen LogP contribution in [0.5, 0.6) is 0 Å². The summed E-state index contributed by atoms with van der Waals surface area (Å²) in [4.78, 5) is 18.5. The Morgan fingerprint density at radius 3 is 2.40 bits per heavy atom. The predicted octanol–water partition coefficient (Wildman–Crippen LogP) is 4.85. The van der Waals surface area contributed by atoms with Crippen LogP contribution >= 0.6 is 11.3 Å². The van der Waals surface area contributed by atoms with E-state index in [2.05, 4.69) is 4.98 Å². The predicted molar refractivity (Wildman–Crippen MR) is 101 cm³/mol. The van der Waals surface area contributed by atoms with E-state index < -0.39 is 11.2 Å². The molecular formula is C20H23NO3S. The molecule has 0 unspecified atom stereocenters. The molecule has 1 aromatic carbocycles. The van der Waals surface area contributed by atoms with E-state index in [1.54, 1.807) is 39.0 Å². The summed E-state index contributed by atoms with van der Waals surface area (Å²) in [5.41, 5.74) is 1.03. The van der Waals surface area contributed by atoms with Gasteiger partial charge in [-0.15, -0.1) is 11.3 Å². The highest BCUT2D eigenvalue weighted by atomic mass is 32.1. The highest BCUT2D eigenvalue weighted by Gasteiger charge is 2.47. The van der Waals surface area contributed by atoms with Crippen molar-refractivity contribution in [2.45, 2.75) is 52.7 Å². The Bertz CT molecular complexity index is 890. The zero-order valence-corrected chi connectivity index (χ0v) is 16.2. The van der Waals surface area contributed by atoms with Crippen molar-refractivity contribution >= 4 is 22.7 Å². The number of ketones is 1. The van der Waals surface area contributed by atoms with E-state index >= 15 is 0 Å². The Morgan fingerprint density at radius 1 is 1.12 bits per heavy atom. The number of thiazole rings is 1. The molecule has 1 aliphatic rings. The monoisotopic (exact) mass is 357 g/mol. The number of Topliss-reactive ketones (excluding diaryl/α,β-unsaturated/α-hetero) is 1. The van der Waals surface area contributed by atoms with Gasteiger partial charge in [-0.1, -0.05) is 12.1 Å². The summed E-state index contributed by atoms with van der Waals surface area (Å²) in [6.45, 7) is 11.0. The van der Waals surface area contributed by atoms with E-state index in [9.17, 15) is 9.90 Å². The van der Waals surface area contributed by atoms with Gasteiger partial charge in [0.15, 0.2) is 5.78 Å². The molecule has 2 aromatic rings. The Hall–Kier alpha value is -1.98. The molecule has 1 aromatic heterocycles. The first-order valence-corrected chi connectivity index (χ1v) is 9.07. The molecule has 0 fully saturated rings. The van der Waals surface area contributed by atoms with Crippen molar-refractivity contribution in [3.8, 4) is 10.6 Å². The number of aliphatic hydroxyl groups is 1. The summed E-state index contributed by atoms with van der Waals surface area (Å²) in [5.74, 6) is -0.229. The summed E-state index contributed by atoms with van der Waals surface area (Å²) < 4.78 is 5.83. The molecule has 0 atom stereocenters. The van der Waals surface area contributed by atoms with E-state index in [1.807, 2.05) is 38.2 Å². The number of ether oxygens (including phenoxy) is 1. The number of aliphatic hydroxyl groups excluding tert-OH is 1. The lowest BCUT2D eigenvalue weighted by atomic mass is 9.81. The minimum absolute atomic E-state index is 0.0209. The number of hydrogen-bond acceptors (Lipinski definition) is 5. The van der Waals surface area contributed by atoms with E-state index in [-0.39, 0.29) is 11.5 Å². The summed E-state index contributed by atoms with van der Waals surface area (Å²) in [5, 5.41) is 11.7. The third-order valence-corrected chi connectivity index (χ3v) is 5.43. The molecule has 0 aliphatic carbocycles. The number of nitrogens with zero attached hydrogens (tertiary/aromatic N) is 1. The van der Waals surface area contributed by atoms with E-state index in [0.717, 1.165) is 26.6 Å². The molecule has 0 saturated carbocycles. The van der Waals surface area contributed by atoms with Gasteiger partial charge in [-0.25, -0.2) is 4.98 Å². The van der Waals surface area contributed by atoms with Crippen LogP contribution < -0.4 is 0 Å². The molecule has 0 spiro atoms. The molecule has 132 valence electrons. The van der Waals surface area contributed by atoms with Gasteiger partial charge in [0.25, 0.3) is 0 Å². The van der Waals surface area contributed by atoms with E-state index in [0.29, 0.717) is 5.57 Å². The molecule has 3 rings (SSSR count). The van der Waals surface area contributed by atoms with Gasteiger partial charge in [-0.3, -0.25) is 4.79 Å². The number of aryl methyl sites for hydroxylation is 2. The average Bonchev–Trinajstić information content (AvgIpc) is 2.93. The molecule has 1 aliphatic heterocycles. The Labute approximate surface area is 152 Å². The van der Waals surface area contributed by atoms with Gasteiger partial charge in [0, 0.05) is 16.6 Å². The molecule has 2 heterocycles. The minimum atomic E-state index is -0.995. The number of hydrogen-bond donors (Lipinski definition) is 1. The summed E-state index contributed by atoms with van der Waals surface area (Å²) in [7, 11) is 0. The number of carbonyl (C=O) groups excluding carboxylic acids is 1. The Balaban J connectivity index is 2.22. The van der Waals surface area contributed by atoms with Crippen LogP contribution in [0, 0.1) is 13.8 Å². The van der Waals surface area contributed by atoms with Crippen molar-refractivity contribution < 1.29 is 14.6 Å². The van der Waals surface area contributed by atoms with Gasteiger partial charge in [0.2, 0.25) is 0 Å². The zero-order valence-electron chi connectivity index (χ0n) is 15.4. The first-order valence-electron chi connectivity index (χ1n) is 8.25. The van der Waals surface area contributed by atoms with Gasteiger partial charge in [0.05, 0.1) is 5.57 Å². The van der Waals surface area contributed by atoms with Crippen LogP contribution in [-0.4, -0.2) is 27.1 Å². The Kier molecular flexibility index (Phi) is 4.12. The normalized spacial score (nSPS) is 19.4. The van der Waals surface area contributed by atoms with Crippen LogP contribution in [0.2, 0.25) is 0 Å². The summed E-state index contributed by atoms with van der Waals surface area (Å²) in [6, 6.07) is 5.90. The number of benzene rings is 1. The second kappa shape index (κ2) is 5.78. The van der Waals surface area contributed by atoms with Gasteiger partial charge >= 0.3 is 0 Å². The van der Waals surface area contributed by atoms with Crippen LogP contribution in [0.4, 0.5) is 0 Å². The minimum Gasteiger partial charge on any atom is -0.508 e.